The number of aliphatic carboxylic acids is 1. The predicted molar refractivity (Wildman–Crippen MR) is 210 cm³/mol. The van der Waals surface area contributed by atoms with Crippen molar-refractivity contribution in [3.8, 4) is 0 Å². The molecule has 11 atom stereocenters. The lowest BCUT2D eigenvalue weighted by Crippen LogP contribution is -2.62. The lowest BCUT2D eigenvalue weighted by atomic mass is 9.96. The molecular weight excluding hydrogens is 771 g/mol. The molecule has 0 radical (unpaired) electrons. The minimum absolute atomic E-state index is 0.0402. The number of carbonyl (C=O) groups is 9. The van der Waals surface area contributed by atoms with Gasteiger partial charge in [0.2, 0.25) is 47.3 Å². The Balaban J connectivity index is 5.78. The molecule has 326 valence electrons. The number of carboxylic acids is 1. The lowest BCUT2D eigenvalue weighted by Gasteiger charge is -2.29. The molecule has 0 bridgehead atoms. The molecule has 0 unspecified atom stereocenters. The predicted octanol–water partition coefficient (Wildman–Crippen LogP) is -3.87. The van der Waals surface area contributed by atoms with Gasteiger partial charge in [-0.2, -0.15) is 12.6 Å². The molecule has 57 heavy (non-hydrogen) atoms. The van der Waals surface area contributed by atoms with E-state index in [1.807, 2.05) is 0 Å². The number of rotatable bonds is 26. The quantitative estimate of drug-likeness (QED) is 0.0372. The highest BCUT2D eigenvalue weighted by Crippen LogP contribution is 2.12. The van der Waals surface area contributed by atoms with Crippen molar-refractivity contribution in [3.63, 3.8) is 0 Å². The van der Waals surface area contributed by atoms with Gasteiger partial charge in [-0.15, -0.1) is 0 Å². The Hall–Kier alpha value is -4.54. The number of thiol groups is 1. The Morgan fingerprint density at radius 3 is 1.46 bits per heavy atom. The van der Waals surface area contributed by atoms with Crippen molar-refractivity contribution in [2.75, 3.05) is 12.3 Å². The molecule has 0 aliphatic heterocycles. The van der Waals surface area contributed by atoms with E-state index in [0.717, 1.165) is 6.92 Å². The zero-order valence-corrected chi connectivity index (χ0v) is 34.7. The number of amides is 8. The number of aliphatic hydroxyl groups excluding tert-OH is 2. The van der Waals surface area contributed by atoms with Crippen LogP contribution in [0.3, 0.4) is 0 Å². The van der Waals surface area contributed by atoms with Gasteiger partial charge in [-0.1, -0.05) is 54.4 Å². The summed E-state index contributed by atoms with van der Waals surface area (Å²) in [7, 11) is 0. The summed E-state index contributed by atoms with van der Waals surface area (Å²) in [5, 5.41) is 46.2. The monoisotopic (exact) mass is 833 g/mol. The smallest absolute Gasteiger partial charge is 0.328 e. The first-order valence-electron chi connectivity index (χ1n) is 18.8. The van der Waals surface area contributed by atoms with Crippen LogP contribution in [0, 0.1) is 17.8 Å². The Morgan fingerprint density at radius 2 is 1.04 bits per heavy atom. The highest BCUT2D eigenvalue weighted by Gasteiger charge is 2.36. The van der Waals surface area contributed by atoms with Gasteiger partial charge in [0.25, 0.3) is 0 Å². The minimum Gasteiger partial charge on any atom is -0.480 e. The van der Waals surface area contributed by atoms with Gasteiger partial charge in [-0.3, -0.25) is 38.4 Å². The molecule has 0 fully saturated rings. The normalized spacial score (nSPS) is 17.0. The van der Waals surface area contributed by atoms with Crippen LogP contribution < -0.4 is 48.7 Å². The molecule has 0 saturated heterocycles. The van der Waals surface area contributed by atoms with E-state index in [4.69, 9.17) is 11.5 Å². The highest BCUT2D eigenvalue weighted by molar-refractivity contribution is 7.80. The van der Waals surface area contributed by atoms with Crippen LogP contribution in [-0.4, -0.2) is 135 Å². The summed E-state index contributed by atoms with van der Waals surface area (Å²) in [5.41, 5.74) is 11.0. The molecule has 0 aliphatic rings. The van der Waals surface area contributed by atoms with Crippen LogP contribution in [0.1, 0.15) is 81.1 Å². The van der Waals surface area contributed by atoms with E-state index in [9.17, 15) is 58.5 Å². The zero-order chi connectivity index (χ0) is 44.3. The zero-order valence-electron chi connectivity index (χ0n) is 33.8. The molecular formula is C35H63N9O12S. The number of nitrogens with one attached hydrogen (secondary N) is 7. The molecule has 0 aromatic heterocycles. The van der Waals surface area contributed by atoms with Gasteiger partial charge in [0, 0.05) is 12.2 Å². The first-order valence-corrected chi connectivity index (χ1v) is 19.4. The van der Waals surface area contributed by atoms with E-state index in [1.165, 1.54) is 6.92 Å². The van der Waals surface area contributed by atoms with Crippen molar-refractivity contribution < 1.29 is 58.5 Å². The number of primary amides is 1. The van der Waals surface area contributed by atoms with Crippen LogP contribution in [0.4, 0.5) is 0 Å². The van der Waals surface area contributed by atoms with Gasteiger partial charge < -0.3 is 64.0 Å². The maximum atomic E-state index is 13.4. The molecule has 0 rings (SSSR count). The van der Waals surface area contributed by atoms with Crippen molar-refractivity contribution >= 4 is 65.9 Å². The maximum absolute atomic E-state index is 13.4. The van der Waals surface area contributed by atoms with E-state index in [-0.39, 0.29) is 18.6 Å². The highest BCUT2D eigenvalue weighted by atomic mass is 32.1. The van der Waals surface area contributed by atoms with Crippen LogP contribution in [0.2, 0.25) is 0 Å². The first kappa shape index (κ1) is 52.5. The molecule has 0 aromatic rings. The average molecular weight is 834 g/mol. The standard InChI is InChI=1S/C35H63N9O12S/c1-9-16(5)25(32(52)39-21(14-57)30(50)44-28(19(8)46)35(55)56)43-34(54)27(18(7)45)40-23(48)13-38-31(51)24(15(3)4)41-33(53)26(17(6)10-2)42-29(49)20(36)11-12-22(37)47/h15-21,24-28,45-46,57H,9-14,36H2,1-8H3,(H2,37,47)(H,38,51)(H,39,52)(H,40,48)(H,41,53)(H,42,49)(H,43,54)(H,44,50)(H,55,56)/t16-,17-,18+,19+,20-,21-,24-,25-,26-,27-,28-/m0/s1. The maximum Gasteiger partial charge on any atom is 0.328 e. The van der Waals surface area contributed by atoms with Gasteiger partial charge in [-0.25, -0.2) is 4.79 Å². The van der Waals surface area contributed by atoms with Crippen molar-refractivity contribution in [2.45, 2.75) is 136 Å². The van der Waals surface area contributed by atoms with E-state index < -0.39 is 132 Å². The van der Waals surface area contributed by atoms with Gasteiger partial charge in [-0.05, 0) is 38.0 Å². The molecule has 0 saturated carbocycles. The number of carbonyl (C=O) groups excluding carboxylic acids is 8. The second-order valence-electron chi connectivity index (χ2n) is 14.4. The fourth-order valence-electron chi connectivity index (χ4n) is 5.12. The summed E-state index contributed by atoms with van der Waals surface area (Å²) in [6, 6.07) is -9.41. The second kappa shape index (κ2) is 25.7. The second-order valence-corrected chi connectivity index (χ2v) is 14.8. The van der Waals surface area contributed by atoms with E-state index in [1.54, 1.807) is 41.5 Å². The van der Waals surface area contributed by atoms with Crippen molar-refractivity contribution in [1.82, 2.24) is 37.2 Å². The summed E-state index contributed by atoms with van der Waals surface area (Å²) in [4.78, 5) is 114. The number of aliphatic hydroxyl groups is 2. The SMILES string of the molecule is CC[C@H](C)[C@H](NC(=O)[C@@H](NC(=O)CNC(=O)[C@@H](NC(=O)[C@@H](NC(=O)[C@@H](N)CCC(N)=O)[C@@H](C)CC)C(C)C)[C@@H](C)O)C(=O)N[C@@H](CS)C(=O)N[C@H](C(=O)O)[C@@H](C)O. The van der Waals surface area contributed by atoms with Crippen molar-refractivity contribution in [3.05, 3.63) is 0 Å². The number of hydrogen-bond acceptors (Lipinski definition) is 13. The Labute approximate surface area is 338 Å². The van der Waals surface area contributed by atoms with Crippen molar-refractivity contribution in [1.29, 1.82) is 0 Å². The fourth-order valence-corrected chi connectivity index (χ4v) is 5.38. The molecule has 0 aromatic carbocycles. The Kier molecular flexibility index (Phi) is 23.6. The summed E-state index contributed by atoms with van der Waals surface area (Å²) in [5.74, 6) is -9.81. The molecule has 22 heteroatoms. The molecule has 8 amide bonds. The van der Waals surface area contributed by atoms with E-state index in [0.29, 0.717) is 12.8 Å². The third-order valence-corrected chi connectivity index (χ3v) is 9.60. The summed E-state index contributed by atoms with van der Waals surface area (Å²) in [6.45, 7) is 11.7. The minimum atomic E-state index is -1.68. The summed E-state index contributed by atoms with van der Waals surface area (Å²) >= 11 is 4.06. The van der Waals surface area contributed by atoms with Crippen LogP contribution in [-0.2, 0) is 43.2 Å². The summed E-state index contributed by atoms with van der Waals surface area (Å²) < 4.78 is 0. The van der Waals surface area contributed by atoms with E-state index in [2.05, 4.69) is 49.8 Å². The molecule has 21 nitrogen and oxygen atoms in total. The third-order valence-electron chi connectivity index (χ3n) is 9.24. The average Bonchev–Trinajstić information content (AvgIpc) is 3.14. The van der Waals surface area contributed by atoms with Crippen LogP contribution in [0.25, 0.3) is 0 Å². The van der Waals surface area contributed by atoms with Gasteiger partial charge >= 0.3 is 5.97 Å². The molecule has 14 N–H and O–H groups in total. The first-order chi connectivity index (χ1) is 26.4. The van der Waals surface area contributed by atoms with Crippen molar-refractivity contribution in [2.24, 2.45) is 29.2 Å². The molecule has 0 heterocycles. The van der Waals surface area contributed by atoms with Crippen LogP contribution in [0.15, 0.2) is 0 Å². The third kappa shape index (κ3) is 18.1. The van der Waals surface area contributed by atoms with Crippen LogP contribution >= 0.6 is 12.6 Å². The Bertz CT molecular complexity index is 1420. The topological polar surface area (TPSA) is 351 Å². The molecule has 0 spiro atoms. The van der Waals surface area contributed by atoms with Gasteiger partial charge in [0.1, 0.15) is 30.2 Å². The molecule has 0 aliphatic carbocycles. The number of hydrogen-bond donors (Lipinski definition) is 13. The van der Waals surface area contributed by atoms with Gasteiger partial charge in [0.05, 0.1) is 24.8 Å². The summed E-state index contributed by atoms with van der Waals surface area (Å²) in [6.07, 6.45) is -2.34. The van der Waals surface area contributed by atoms with Gasteiger partial charge in [0.15, 0.2) is 6.04 Å². The number of nitrogens with two attached hydrogens (primary N) is 2. The largest absolute Gasteiger partial charge is 0.480 e. The fraction of sp³-hybridized carbons (Fsp3) is 0.743. The van der Waals surface area contributed by atoms with E-state index >= 15 is 0 Å². The van der Waals surface area contributed by atoms with Crippen LogP contribution in [0.5, 0.6) is 0 Å². The lowest BCUT2D eigenvalue weighted by molar-refractivity contribution is -0.145. The Morgan fingerprint density at radius 1 is 0.596 bits per heavy atom. The number of carboxylic acid groups (broad SMARTS) is 1.